The van der Waals surface area contributed by atoms with Gasteiger partial charge in [0.15, 0.2) is 0 Å². The molecule has 3 fully saturated rings. The second kappa shape index (κ2) is 4.22. The van der Waals surface area contributed by atoms with Gasteiger partial charge in [-0.3, -0.25) is 4.79 Å². The smallest absolute Gasteiger partial charge is 0.139 e. The van der Waals surface area contributed by atoms with E-state index < -0.39 is 5.60 Å². The first kappa shape index (κ1) is 14.0. The molecular formula is C19H28O2. The van der Waals surface area contributed by atoms with E-state index in [1.165, 1.54) is 25.7 Å². The molecule has 2 heteroatoms. The number of hydrogen-bond acceptors (Lipinski definition) is 2. The molecule has 3 saturated carbocycles. The molecule has 0 heterocycles. The summed E-state index contributed by atoms with van der Waals surface area (Å²) in [7, 11) is 0. The minimum atomic E-state index is -0.630. The standard InChI is InChI=1S/C19H28O2/c1-17-10-4-3-5-13(17)8-12-19(21)14-6-7-16(20)18(14,2)11-9-15(17)19/h8,14-15,21H,3-7,9-12H2,1-2H3/t14-,15-,17+,18+,19?/m1/s1. The van der Waals surface area contributed by atoms with Gasteiger partial charge in [-0.25, -0.2) is 0 Å². The summed E-state index contributed by atoms with van der Waals surface area (Å²) in [6.45, 7) is 4.52. The van der Waals surface area contributed by atoms with Crippen molar-refractivity contribution in [3.8, 4) is 0 Å². The van der Waals surface area contributed by atoms with Gasteiger partial charge in [-0.2, -0.15) is 0 Å². The third-order valence-electron chi connectivity index (χ3n) is 7.80. The van der Waals surface area contributed by atoms with Crippen LogP contribution in [0.15, 0.2) is 11.6 Å². The molecule has 1 unspecified atom stereocenters. The van der Waals surface area contributed by atoms with Crippen LogP contribution in [0, 0.1) is 22.7 Å². The highest BCUT2D eigenvalue weighted by molar-refractivity contribution is 5.87. The minimum Gasteiger partial charge on any atom is -0.389 e. The van der Waals surface area contributed by atoms with Gasteiger partial charge in [0.1, 0.15) is 5.78 Å². The van der Waals surface area contributed by atoms with Gasteiger partial charge in [-0.15, -0.1) is 0 Å². The lowest BCUT2D eigenvalue weighted by Gasteiger charge is -2.60. The molecule has 4 aliphatic rings. The zero-order valence-corrected chi connectivity index (χ0v) is 13.5. The van der Waals surface area contributed by atoms with Crippen LogP contribution >= 0.6 is 0 Å². The zero-order valence-electron chi connectivity index (χ0n) is 13.5. The van der Waals surface area contributed by atoms with Crippen LogP contribution in [-0.4, -0.2) is 16.5 Å². The fourth-order valence-electron chi connectivity index (χ4n) is 6.55. The number of Topliss-reactive ketones (excluding diaryl/α,β-unsaturated/α-hetero) is 1. The molecular weight excluding hydrogens is 260 g/mol. The summed E-state index contributed by atoms with van der Waals surface area (Å²) >= 11 is 0. The predicted octanol–water partition coefficient (Wildman–Crippen LogP) is 4.02. The summed E-state index contributed by atoms with van der Waals surface area (Å²) in [4.78, 5) is 12.4. The Hall–Kier alpha value is -0.630. The highest BCUT2D eigenvalue weighted by Gasteiger charge is 2.64. The van der Waals surface area contributed by atoms with Crippen LogP contribution in [0.4, 0.5) is 0 Å². The maximum Gasteiger partial charge on any atom is 0.139 e. The number of allylic oxidation sites excluding steroid dienone is 1. The van der Waals surface area contributed by atoms with E-state index >= 15 is 0 Å². The molecule has 4 aliphatic carbocycles. The van der Waals surface area contributed by atoms with Crippen molar-refractivity contribution < 1.29 is 9.90 Å². The number of ketones is 1. The Kier molecular flexibility index (Phi) is 2.81. The average Bonchev–Trinajstić information content (AvgIpc) is 2.75. The molecule has 1 N–H and O–H groups in total. The molecule has 0 bridgehead atoms. The van der Waals surface area contributed by atoms with Gasteiger partial charge >= 0.3 is 0 Å². The summed E-state index contributed by atoms with van der Waals surface area (Å²) < 4.78 is 0. The number of carbonyl (C=O) groups is 1. The van der Waals surface area contributed by atoms with Crippen LogP contribution in [0.3, 0.4) is 0 Å². The molecule has 0 aliphatic heterocycles. The Morgan fingerprint density at radius 1 is 1.05 bits per heavy atom. The molecule has 5 atom stereocenters. The molecule has 0 aromatic heterocycles. The van der Waals surface area contributed by atoms with Crippen LogP contribution in [0.1, 0.15) is 71.6 Å². The Morgan fingerprint density at radius 3 is 2.62 bits per heavy atom. The Balaban J connectivity index is 1.78. The predicted molar refractivity (Wildman–Crippen MR) is 82.8 cm³/mol. The van der Waals surface area contributed by atoms with Gasteiger partial charge in [0.05, 0.1) is 5.60 Å². The molecule has 2 nitrogen and oxygen atoms in total. The normalized spacial score (nSPS) is 52.7. The van der Waals surface area contributed by atoms with Crippen molar-refractivity contribution in [2.24, 2.45) is 22.7 Å². The fourth-order valence-corrected chi connectivity index (χ4v) is 6.55. The summed E-state index contributed by atoms with van der Waals surface area (Å²) in [6.07, 6.45) is 11.8. The Bertz CT molecular complexity index is 522. The second-order valence-corrected chi connectivity index (χ2v) is 8.57. The zero-order chi connectivity index (χ0) is 14.9. The summed E-state index contributed by atoms with van der Waals surface area (Å²) in [5.41, 5.74) is 0.922. The van der Waals surface area contributed by atoms with Gasteiger partial charge < -0.3 is 5.11 Å². The van der Waals surface area contributed by atoms with E-state index in [1.54, 1.807) is 5.57 Å². The third-order valence-corrected chi connectivity index (χ3v) is 7.80. The molecule has 21 heavy (non-hydrogen) atoms. The number of rotatable bonds is 0. The molecule has 0 spiro atoms. The average molecular weight is 288 g/mol. The first-order valence-corrected chi connectivity index (χ1v) is 8.86. The number of aliphatic hydroxyl groups is 1. The first-order valence-electron chi connectivity index (χ1n) is 8.86. The van der Waals surface area contributed by atoms with Crippen molar-refractivity contribution in [3.63, 3.8) is 0 Å². The molecule has 4 rings (SSSR count). The van der Waals surface area contributed by atoms with Crippen molar-refractivity contribution in [1.29, 1.82) is 0 Å². The Labute approximate surface area is 128 Å². The highest BCUT2D eigenvalue weighted by atomic mass is 16.3. The van der Waals surface area contributed by atoms with Gasteiger partial charge in [-0.1, -0.05) is 31.9 Å². The first-order chi connectivity index (χ1) is 9.91. The van der Waals surface area contributed by atoms with Crippen molar-refractivity contribution in [3.05, 3.63) is 11.6 Å². The highest BCUT2D eigenvalue weighted by Crippen LogP contribution is 2.65. The van der Waals surface area contributed by atoms with E-state index in [9.17, 15) is 9.90 Å². The van der Waals surface area contributed by atoms with Gasteiger partial charge in [0.2, 0.25) is 0 Å². The number of carbonyl (C=O) groups excluding carboxylic acids is 1. The molecule has 0 aromatic carbocycles. The maximum absolute atomic E-state index is 12.4. The van der Waals surface area contributed by atoms with E-state index in [-0.39, 0.29) is 16.7 Å². The summed E-state index contributed by atoms with van der Waals surface area (Å²) in [6, 6.07) is 0. The lowest BCUT2D eigenvalue weighted by atomic mass is 9.46. The van der Waals surface area contributed by atoms with Crippen molar-refractivity contribution >= 4 is 5.78 Å². The van der Waals surface area contributed by atoms with E-state index in [2.05, 4.69) is 19.9 Å². The van der Waals surface area contributed by atoms with Crippen molar-refractivity contribution in [2.75, 3.05) is 0 Å². The van der Waals surface area contributed by atoms with Crippen molar-refractivity contribution in [1.82, 2.24) is 0 Å². The lowest BCUT2D eigenvalue weighted by Crippen LogP contribution is -2.61. The molecule has 0 amide bonds. The van der Waals surface area contributed by atoms with Crippen LogP contribution in [-0.2, 0) is 4.79 Å². The largest absolute Gasteiger partial charge is 0.389 e. The lowest BCUT2D eigenvalue weighted by molar-refractivity contribution is -0.175. The molecule has 0 aromatic rings. The maximum atomic E-state index is 12.4. The number of hydrogen-bond donors (Lipinski definition) is 1. The minimum absolute atomic E-state index is 0.188. The van der Waals surface area contributed by atoms with E-state index in [1.807, 2.05) is 0 Å². The van der Waals surface area contributed by atoms with Gasteiger partial charge in [0, 0.05) is 17.8 Å². The van der Waals surface area contributed by atoms with E-state index in [0.29, 0.717) is 18.1 Å². The van der Waals surface area contributed by atoms with Crippen LogP contribution in [0.5, 0.6) is 0 Å². The SMILES string of the molecule is C[C@]12CCCCC1=CCC1(O)[C@@H]2CC[C@]2(C)C(=O)CC[C@@H]12. The van der Waals surface area contributed by atoms with Gasteiger partial charge in [-0.05, 0) is 56.3 Å². The summed E-state index contributed by atoms with van der Waals surface area (Å²) in [5.74, 6) is 0.963. The van der Waals surface area contributed by atoms with Crippen molar-refractivity contribution in [2.45, 2.75) is 77.2 Å². The molecule has 116 valence electrons. The third kappa shape index (κ3) is 1.60. The van der Waals surface area contributed by atoms with E-state index in [0.717, 1.165) is 25.7 Å². The molecule has 0 radical (unpaired) electrons. The fraction of sp³-hybridized carbons (Fsp3) is 0.842. The number of fused-ring (bicyclic) bond motifs is 5. The second-order valence-electron chi connectivity index (χ2n) is 8.57. The monoisotopic (exact) mass is 288 g/mol. The quantitative estimate of drug-likeness (QED) is 0.683. The van der Waals surface area contributed by atoms with E-state index in [4.69, 9.17) is 0 Å². The Morgan fingerprint density at radius 2 is 1.81 bits per heavy atom. The topological polar surface area (TPSA) is 37.3 Å². The van der Waals surface area contributed by atoms with Crippen LogP contribution in [0.25, 0.3) is 0 Å². The van der Waals surface area contributed by atoms with Crippen LogP contribution in [0.2, 0.25) is 0 Å². The molecule has 0 saturated heterocycles. The van der Waals surface area contributed by atoms with Gasteiger partial charge in [0.25, 0.3) is 0 Å². The van der Waals surface area contributed by atoms with Crippen LogP contribution < -0.4 is 0 Å². The summed E-state index contributed by atoms with van der Waals surface area (Å²) in [5, 5.41) is 11.7.